The lowest BCUT2D eigenvalue weighted by Crippen LogP contribution is -2.45. The number of carbonyl (C=O) groups is 2. The molecule has 0 aromatic heterocycles. The zero-order valence-electron chi connectivity index (χ0n) is 12.0. The van der Waals surface area contributed by atoms with Crippen molar-refractivity contribution in [1.29, 1.82) is 0 Å². The summed E-state index contributed by atoms with van der Waals surface area (Å²) in [6.45, 7) is 0.168. The van der Waals surface area contributed by atoms with E-state index in [0.717, 1.165) is 18.4 Å². The quantitative estimate of drug-likeness (QED) is 0.668. The number of esters is 1. The molecule has 5 nitrogen and oxygen atoms in total. The third kappa shape index (κ3) is 4.34. The summed E-state index contributed by atoms with van der Waals surface area (Å²) in [6.07, 6.45) is 5.03. The SMILES string of the molecule is COC(=O)[C@@H](NC(=O)OCc1ccccc1)C1C=CCC1. The largest absolute Gasteiger partial charge is 0.467 e. The fourth-order valence-corrected chi connectivity index (χ4v) is 2.29. The van der Waals surface area contributed by atoms with Crippen molar-refractivity contribution in [1.82, 2.24) is 5.32 Å². The van der Waals surface area contributed by atoms with Crippen molar-refractivity contribution >= 4 is 12.1 Å². The number of hydrogen-bond acceptors (Lipinski definition) is 4. The normalized spacial score (nSPS) is 18.0. The molecule has 0 aliphatic heterocycles. The highest BCUT2D eigenvalue weighted by atomic mass is 16.6. The number of allylic oxidation sites excluding steroid dienone is 1. The third-order valence-electron chi connectivity index (χ3n) is 3.42. The van der Waals surface area contributed by atoms with Crippen LogP contribution in [-0.4, -0.2) is 25.2 Å². The Labute approximate surface area is 123 Å². The van der Waals surface area contributed by atoms with Gasteiger partial charge in [0.25, 0.3) is 0 Å². The van der Waals surface area contributed by atoms with Gasteiger partial charge in [-0.1, -0.05) is 42.5 Å². The van der Waals surface area contributed by atoms with Crippen molar-refractivity contribution in [2.75, 3.05) is 7.11 Å². The zero-order chi connectivity index (χ0) is 15.1. The van der Waals surface area contributed by atoms with Gasteiger partial charge in [-0.05, 0) is 18.4 Å². The van der Waals surface area contributed by atoms with Gasteiger partial charge in [-0.2, -0.15) is 0 Å². The van der Waals surface area contributed by atoms with Gasteiger partial charge in [-0.15, -0.1) is 0 Å². The highest BCUT2D eigenvalue weighted by Crippen LogP contribution is 2.21. The van der Waals surface area contributed by atoms with Crippen LogP contribution in [0.1, 0.15) is 18.4 Å². The Kier molecular flexibility index (Phi) is 5.37. The van der Waals surface area contributed by atoms with E-state index >= 15 is 0 Å². The number of carbonyl (C=O) groups excluding carboxylic acids is 2. The Morgan fingerprint density at radius 2 is 2.10 bits per heavy atom. The topological polar surface area (TPSA) is 64.6 Å². The van der Waals surface area contributed by atoms with Crippen molar-refractivity contribution < 1.29 is 19.1 Å². The van der Waals surface area contributed by atoms with Crippen LogP contribution in [-0.2, 0) is 20.9 Å². The Balaban J connectivity index is 1.88. The molecular weight excluding hydrogens is 270 g/mol. The monoisotopic (exact) mass is 289 g/mol. The van der Waals surface area contributed by atoms with Crippen LogP contribution >= 0.6 is 0 Å². The standard InChI is InChI=1S/C16H19NO4/c1-20-15(18)14(13-9-5-6-10-13)17-16(19)21-11-12-7-3-2-4-8-12/h2-5,7-9,13-14H,6,10-11H2,1H3,(H,17,19)/t13?,14-/m0/s1. The molecule has 112 valence electrons. The Bertz CT molecular complexity index is 512. The number of amides is 1. The van der Waals surface area contributed by atoms with E-state index in [4.69, 9.17) is 9.47 Å². The predicted octanol–water partition coefficient (Wildman–Crippen LogP) is 2.42. The summed E-state index contributed by atoms with van der Waals surface area (Å²) < 4.78 is 9.88. The van der Waals surface area contributed by atoms with Crippen LogP contribution in [0.5, 0.6) is 0 Å². The number of nitrogens with one attached hydrogen (secondary N) is 1. The number of alkyl carbamates (subject to hydrolysis) is 1. The average Bonchev–Trinajstić information content (AvgIpc) is 3.05. The van der Waals surface area contributed by atoms with E-state index in [1.165, 1.54) is 7.11 Å². The molecule has 0 heterocycles. The van der Waals surface area contributed by atoms with Crippen LogP contribution in [0.4, 0.5) is 4.79 Å². The number of ether oxygens (including phenoxy) is 2. The highest BCUT2D eigenvalue weighted by Gasteiger charge is 2.30. The third-order valence-corrected chi connectivity index (χ3v) is 3.42. The first-order chi connectivity index (χ1) is 10.2. The van der Waals surface area contributed by atoms with E-state index in [2.05, 4.69) is 5.32 Å². The molecule has 0 spiro atoms. The molecule has 2 atom stereocenters. The molecule has 1 unspecified atom stereocenters. The van der Waals surface area contributed by atoms with Crippen molar-refractivity contribution in [3.05, 3.63) is 48.0 Å². The first-order valence-corrected chi connectivity index (χ1v) is 6.92. The maximum absolute atomic E-state index is 11.8. The van der Waals surface area contributed by atoms with E-state index in [0.29, 0.717) is 0 Å². The molecule has 0 bridgehead atoms. The van der Waals surface area contributed by atoms with Crippen LogP contribution in [0.2, 0.25) is 0 Å². The van der Waals surface area contributed by atoms with Gasteiger partial charge in [-0.25, -0.2) is 9.59 Å². The van der Waals surface area contributed by atoms with Gasteiger partial charge in [-0.3, -0.25) is 0 Å². The number of hydrogen-bond donors (Lipinski definition) is 1. The maximum atomic E-state index is 11.8. The first kappa shape index (κ1) is 15.1. The van der Waals surface area contributed by atoms with Crippen LogP contribution in [0, 0.1) is 5.92 Å². The molecule has 2 rings (SSSR count). The minimum absolute atomic E-state index is 0.0401. The highest BCUT2D eigenvalue weighted by molar-refractivity contribution is 5.81. The summed E-state index contributed by atoms with van der Waals surface area (Å²) in [5.41, 5.74) is 0.892. The summed E-state index contributed by atoms with van der Waals surface area (Å²) in [5.74, 6) is -0.495. The smallest absolute Gasteiger partial charge is 0.408 e. The number of methoxy groups -OCH3 is 1. The number of benzene rings is 1. The van der Waals surface area contributed by atoms with Gasteiger partial charge in [0.1, 0.15) is 12.6 Å². The van der Waals surface area contributed by atoms with Gasteiger partial charge in [0.15, 0.2) is 0 Å². The van der Waals surface area contributed by atoms with Crippen molar-refractivity contribution in [2.24, 2.45) is 5.92 Å². The van der Waals surface area contributed by atoms with Crippen LogP contribution in [0.3, 0.4) is 0 Å². The molecule has 0 radical (unpaired) electrons. The predicted molar refractivity (Wildman–Crippen MR) is 77.4 cm³/mol. The van der Waals surface area contributed by atoms with Crippen molar-refractivity contribution in [3.63, 3.8) is 0 Å². The van der Waals surface area contributed by atoms with Crippen molar-refractivity contribution in [2.45, 2.75) is 25.5 Å². The lowest BCUT2D eigenvalue weighted by atomic mass is 9.99. The summed E-state index contributed by atoms with van der Waals surface area (Å²) >= 11 is 0. The van der Waals surface area contributed by atoms with Gasteiger partial charge in [0.2, 0.25) is 0 Å². The molecule has 1 aliphatic rings. The van der Waals surface area contributed by atoms with Gasteiger partial charge < -0.3 is 14.8 Å². The maximum Gasteiger partial charge on any atom is 0.408 e. The van der Waals surface area contributed by atoms with E-state index in [1.54, 1.807) is 0 Å². The molecule has 0 saturated heterocycles. The summed E-state index contributed by atoms with van der Waals surface area (Å²) in [7, 11) is 1.31. The molecule has 1 N–H and O–H groups in total. The summed E-state index contributed by atoms with van der Waals surface area (Å²) in [5, 5.41) is 2.59. The zero-order valence-corrected chi connectivity index (χ0v) is 12.0. The molecule has 0 fully saturated rings. The van der Waals surface area contributed by atoms with Crippen LogP contribution in [0.15, 0.2) is 42.5 Å². The fraction of sp³-hybridized carbons (Fsp3) is 0.375. The molecule has 21 heavy (non-hydrogen) atoms. The molecule has 1 amide bonds. The Morgan fingerprint density at radius 3 is 2.71 bits per heavy atom. The van der Waals surface area contributed by atoms with Gasteiger partial charge >= 0.3 is 12.1 Å². The summed E-state index contributed by atoms with van der Waals surface area (Å²) in [6, 6.07) is 8.67. The number of rotatable bonds is 5. The average molecular weight is 289 g/mol. The van der Waals surface area contributed by atoms with Gasteiger partial charge in [0, 0.05) is 5.92 Å². The molecule has 5 heteroatoms. The van der Waals surface area contributed by atoms with Crippen molar-refractivity contribution in [3.8, 4) is 0 Å². The molecule has 0 saturated carbocycles. The van der Waals surface area contributed by atoms with E-state index in [1.807, 2.05) is 42.5 Å². The van der Waals surface area contributed by atoms with Crippen LogP contribution in [0.25, 0.3) is 0 Å². The minimum atomic E-state index is -0.697. The molecule has 1 aromatic rings. The molecule has 1 aromatic carbocycles. The molecule has 1 aliphatic carbocycles. The second-order valence-electron chi connectivity index (χ2n) is 4.88. The Hall–Kier alpha value is -2.30. The van der Waals surface area contributed by atoms with E-state index < -0.39 is 18.1 Å². The second kappa shape index (κ2) is 7.47. The molecular formula is C16H19NO4. The second-order valence-corrected chi connectivity index (χ2v) is 4.88. The van der Waals surface area contributed by atoms with Gasteiger partial charge in [0.05, 0.1) is 7.11 Å². The lowest BCUT2D eigenvalue weighted by molar-refractivity contribution is -0.144. The minimum Gasteiger partial charge on any atom is -0.467 e. The van der Waals surface area contributed by atoms with E-state index in [9.17, 15) is 9.59 Å². The summed E-state index contributed by atoms with van der Waals surface area (Å²) in [4.78, 5) is 23.6. The van der Waals surface area contributed by atoms with Crippen LogP contribution < -0.4 is 5.32 Å². The van der Waals surface area contributed by atoms with E-state index in [-0.39, 0.29) is 12.5 Å². The Morgan fingerprint density at radius 1 is 1.33 bits per heavy atom. The lowest BCUT2D eigenvalue weighted by Gasteiger charge is -2.21. The first-order valence-electron chi connectivity index (χ1n) is 6.92. The fourth-order valence-electron chi connectivity index (χ4n) is 2.29.